The molecule has 2 nitrogen and oxygen atoms in total. The van der Waals surface area contributed by atoms with Gasteiger partial charge in [-0.1, -0.05) is 0 Å². The van der Waals surface area contributed by atoms with Crippen LogP contribution >= 0.6 is 12.2 Å². The van der Waals surface area contributed by atoms with Crippen LogP contribution in [0.4, 0.5) is 0 Å². The Bertz CT molecular complexity index is 105. The number of nitrogens with one attached hydrogen (secondary N) is 1. The summed E-state index contributed by atoms with van der Waals surface area (Å²) < 4.78 is 0.449. The van der Waals surface area contributed by atoms with Gasteiger partial charge in [0.1, 0.15) is 0 Å². The third-order valence-electron chi connectivity index (χ3n) is 1.11. The van der Waals surface area contributed by atoms with E-state index in [9.17, 15) is 0 Å². The Morgan fingerprint density at radius 2 is 2.11 bits per heavy atom. The van der Waals surface area contributed by atoms with Crippen LogP contribution in [0.25, 0.3) is 0 Å². The molecule has 1 saturated heterocycles. The van der Waals surface area contributed by atoms with E-state index in [0.29, 0.717) is 4.32 Å². The summed E-state index contributed by atoms with van der Waals surface area (Å²) in [6.45, 7) is 2.16. The second-order valence-electron chi connectivity index (χ2n) is 1.74. The van der Waals surface area contributed by atoms with Gasteiger partial charge in [0, 0.05) is 13.1 Å². The van der Waals surface area contributed by atoms with Crippen LogP contribution in [0.1, 0.15) is 6.42 Å². The van der Waals surface area contributed by atoms with Gasteiger partial charge in [0.15, 0.2) is 0 Å². The van der Waals surface area contributed by atoms with E-state index in [4.69, 9.17) is 0 Å². The quantitative estimate of drug-likeness (QED) is 0.246. The van der Waals surface area contributed by atoms with Crippen molar-refractivity contribution in [3.8, 4) is 0 Å². The van der Waals surface area contributed by atoms with E-state index in [-0.39, 0.29) is 18.9 Å². The van der Waals surface area contributed by atoms with Crippen LogP contribution in [0.3, 0.4) is 0 Å². The standard InChI is InChI=1S/C4H8N2S2.Li/c7-4(8)5-6-2-1-3-6;/h1-3H2,(H2,5,7,8);/q;+1/p-1. The first-order chi connectivity index (χ1) is 3.79. The van der Waals surface area contributed by atoms with Gasteiger partial charge in [-0.3, -0.25) is 0 Å². The van der Waals surface area contributed by atoms with Crippen molar-refractivity contribution >= 4 is 29.2 Å². The molecule has 0 radical (unpaired) electrons. The Hall–Kier alpha value is 0.667. The van der Waals surface area contributed by atoms with E-state index in [1.165, 1.54) is 6.42 Å². The Morgan fingerprint density at radius 3 is 2.22 bits per heavy atom. The van der Waals surface area contributed by atoms with Crippen LogP contribution in [-0.4, -0.2) is 22.4 Å². The van der Waals surface area contributed by atoms with Gasteiger partial charge in [0.05, 0.1) is 0 Å². The molecule has 0 unspecified atom stereocenters. The monoisotopic (exact) mass is 154 g/mol. The van der Waals surface area contributed by atoms with Gasteiger partial charge in [-0.05, 0) is 10.7 Å². The molecule has 0 aliphatic carbocycles. The average molecular weight is 154 g/mol. The fourth-order valence-corrected chi connectivity index (χ4v) is 0.815. The van der Waals surface area contributed by atoms with Gasteiger partial charge in [-0.15, -0.1) is 0 Å². The zero-order valence-corrected chi connectivity index (χ0v) is 7.02. The average Bonchev–Trinajstić information content (AvgIpc) is 1.55. The van der Waals surface area contributed by atoms with Crippen molar-refractivity contribution in [2.24, 2.45) is 0 Å². The second-order valence-corrected chi connectivity index (χ2v) is 2.81. The van der Waals surface area contributed by atoms with E-state index in [0.717, 1.165) is 13.1 Å². The second kappa shape index (κ2) is 4.48. The molecule has 1 fully saturated rings. The molecule has 9 heavy (non-hydrogen) atoms. The van der Waals surface area contributed by atoms with Crippen molar-refractivity contribution in [2.75, 3.05) is 13.1 Å². The fraction of sp³-hybridized carbons (Fsp3) is 0.750. The molecule has 1 rings (SSSR count). The molecule has 46 valence electrons. The summed E-state index contributed by atoms with van der Waals surface area (Å²) in [4.78, 5) is 0. The van der Waals surface area contributed by atoms with Crippen molar-refractivity contribution in [2.45, 2.75) is 6.42 Å². The molecule has 5 heteroatoms. The molecule has 0 spiro atoms. The van der Waals surface area contributed by atoms with Crippen molar-refractivity contribution in [1.29, 1.82) is 0 Å². The number of hydrogen-bond donors (Lipinski definition) is 1. The molecular weight excluding hydrogens is 147 g/mol. The first kappa shape index (κ1) is 9.67. The summed E-state index contributed by atoms with van der Waals surface area (Å²) in [6.07, 6.45) is 1.25. The zero-order valence-electron chi connectivity index (χ0n) is 5.39. The molecule has 1 aliphatic rings. The Labute approximate surface area is 77.9 Å². The summed E-state index contributed by atoms with van der Waals surface area (Å²) in [6, 6.07) is 0. The Balaban J connectivity index is 0.000000640. The predicted molar refractivity (Wildman–Crippen MR) is 39.3 cm³/mol. The largest absolute Gasteiger partial charge is 1.00 e. The molecule has 0 aromatic rings. The zero-order chi connectivity index (χ0) is 5.98. The maximum Gasteiger partial charge on any atom is 1.00 e. The molecule has 1 heterocycles. The van der Waals surface area contributed by atoms with Crippen molar-refractivity contribution < 1.29 is 18.9 Å². The van der Waals surface area contributed by atoms with Crippen LogP contribution in [0.5, 0.6) is 0 Å². The minimum Gasteiger partial charge on any atom is -0.410 e. The van der Waals surface area contributed by atoms with Crippen molar-refractivity contribution in [3.63, 3.8) is 0 Å². The van der Waals surface area contributed by atoms with Crippen molar-refractivity contribution in [1.82, 2.24) is 10.4 Å². The summed E-state index contributed by atoms with van der Waals surface area (Å²) in [5.41, 5.74) is 2.86. The molecular formula is C4H7LiN2S2. The maximum absolute atomic E-state index is 4.63. The minimum absolute atomic E-state index is 0. The van der Waals surface area contributed by atoms with Crippen LogP contribution in [-0.2, 0) is 12.6 Å². The van der Waals surface area contributed by atoms with Gasteiger partial charge in [-0.2, -0.15) is 0 Å². The van der Waals surface area contributed by atoms with Gasteiger partial charge < -0.3 is 30.3 Å². The van der Waals surface area contributed by atoms with E-state index < -0.39 is 0 Å². The SMILES string of the molecule is S=C([S-])NN1CCC1.[Li+]. The first-order valence-electron chi connectivity index (χ1n) is 2.51. The summed E-state index contributed by atoms with van der Waals surface area (Å²) in [5, 5.41) is 2.01. The third kappa shape index (κ3) is 3.39. The number of nitrogens with zero attached hydrogens (tertiary/aromatic N) is 1. The first-order valence-corrected chi connectivity index (χ1v) is 3.33. The van der Waals surface area contributed by atoms with Crippen LogP contribution in [0, 0.1) is 0 Å². The predicted octanol–water partition coefficient (Wildman–Crippen LogP) is -2.97. The normalized spacial score (nSPS) is 17.3. The Kier molecular flexibility index (Phi) is 4.81. The Morgan fingerprint density at radius 1 is 1.56 bits per heavy atom. The molecule has 0 bridgehead atoms. The fourth-order valence-electron chi connectivity index (χ4n) is 0.557. The van der Waals surface area contributed by atoms with E-state index in [1.807, 2.05) is 5.01 Å². The van der Waals surface area contributed by atoms with E-state index >= 15 is 0 Å². The van der Waals surface area contributed by atoms with E-state index in [1.54, 1.807) is 0 Å². The third-order valence-corrected chi connectivity index (χ3v) is 1.29. The van der Waals surface area contributed by atoms with Gasteiger partial charge in [0.2, 0.25) is 0 Å². The molecule has 0 amide bonds. The molecule has 0 atom stereocenters. The van der Waals surface area contributed by atoms with E-state index in [2.05, 4.69) is 30.3 Å². The smallest absolute Gasteiger partial charge is 0.410 e. The topological polar surface area (TPSA) is 15.3 Å². The number of hydrogen-bond acceptors (Lipinski definition) is 3. The number of hydrazine groups is 1. The van der Waals surface area contributed by atoms with Crippen LogP contribution in [0.15, 0.2) is 0 Å². The molecule has 1 N–H and O–H groups in total. The van der Waals surface area contributed by atoms with Gasteiger partial charge >= 0.3 is 18.9 Å². The van der Waals surface area contributed by atoms with Crippen molar-refractivity contribution in [3.05, 3.63) is 0 Å². The number of rotatable bonds is 1. The maximum atomic E-state index is 4.63. The van der Waals surface area contributed by atoms with Gasteiger partial charge in [0.25, 0.3) is 0 Å². The number of thiocarbonyl (C=S) groups is 1. The molecule has 0 aromatic carbocycles. The summed E-state index contributed by atoms with van der Waals surface area (Å²) >= 11 is 9.27. The summed E-state index contributed by atoms with van der Waals surface area (Å²) in [7, 11) is 0. The van der Waals surface area contributed by atoms with Crippen LogP contribution < -0.4 is 24.3 Å². The molecule has 0 aromatic heterocycles. The minimum atomic E-state index is 0. The van der Waals surface area contributed by atoms with Gasteiger partial charge in [-0.25, -0.2) is 5.01 Å². The molecule has 1 aliphatic heterocycles. The van der Waals surface area contributed by atoms with Crippen LogP contribution in [0.2, 0.25) is 0 Å². The molecule has 0 saturated carbocycles. The summed E-state index contributed by atoms with van der Waals surface area (Å²) in [5.74, 6) is 0.